The zero-order valence-electron chi connectivity index (χ0n) is 19.6. The standard InChI is InChI=1S/C27H29N5O2/c1-20-24-17-28-32(23-11-7-4-8-12-23)27(34)26(24)21(2)31(20)19-25(33)30-15-13-29(14-16-30)18-22-9-5-3-6-10-22/h3-12,17H,13-16,18-19H2,1-2H3. The molecule has 2 aromatic carbocycles. The highest BCUT2D eigenvalue weighted by Gasteiger charge is 2.24. The second kappa shape index (κ2) is 9.27. The van der Waals surface area contributed by atoms with Crippen molar-refractivity contribution in [3.8, 4) is 5.69 Å². The topological polar surface area (TPSA) is 63.4 Å². The lowest BCUT2D eigenvalue weighted by Gasteiger charge is -2.35. The first kappa shape index (κ1) is 22.1. The first-order valence-electron chi connectivity index (χ1n) is 11.7. The summed E-state index contributed by atoms with van der Waals surface area (Å²) >= 11 is 0. The third-order valence-electron chi connectivity index (χ3n) is 6.81. The van der Waals surface area contributed by atoms with E-state index in [1.807, 2.05) is 59.7 Å². The van der Waals surface area contributed by atoms with E-state index in [1.54, 1.807) is 6.20 Å². The summed E-state index contributed by atoms with van der Waals surface area (Å²) in [6.07, 6.45) is 1.73. The molecule has 0 saturated carbocycles. The number of aryl methyl sites for hydroxylation is 2. The van der Waals surface area contributed by atoms with Gasteiger partial charge in [-0.3, -0.25) is 14.5 Å². The van der Waals surface area contributed by atoms with Crippen LogP contribution >= 0.6 is 0 Å². The SMILES string of the molecule is Cc1c2cnn(-c3ccccc3)c(=O)c2c(C)n1CC(=O)N1CCN(Cc2ccccc2)CC1. The Morgan fingerprint density at radius 2 is 1.53 bits per heavy atom. The van der Waals surface area contributed by atoms with Crippen LogP contribution in [0.25, 0.3) is 16.5 Å². The molecule has 0 bridgehead atoms. The van der Waals surface area contributed by atoms with Gasteiger partial charge in [0, 0.05) is 49.5 Å². The molecule has 3 heterocycles. The molecule has 5 rings (SSSR count). The average molecular weight is 456 g/mol. The van der Waals surface area contributed by atoms with Crippen LogP contribution in [0.2, 0.25) is 0 Å². The van der Waals surface area contributed by atoms with Gasteiger partial charge in [-0.25, -0.2) is 0 Å². The maximum Gasteiger partial charge on any atom is 0.281 e. The summed E-state index contributed by atoms with van der Waals surface area (Å²) < 4.78 is 3.38. The minimum absolute atomic E-state index is 0.0854. The van der Waals surface area contributed by atoms with Crippen LogP contribution < -0.4 is 5.56 Å². The van der Waals surface area contributed by atoms with Crippen molar-refractivity contribution in [2.24, 2.45) is 0 Å². The van der Waals surface area contributed by atoms with Crippen molar-refractivity contribution in [2.45, 2.75) is 26.9 Å². The fourth-order valence-corrected chi connectivity index (χ4v) is 4.83. The average Bonchev–Trinajstić information content (AvgIpc) is 3.11. The smallest absolute Gasteiger partial charge is 0.281 e. The Kier molecular flexibility index (Phi) is 6.02. The molecule has 0 N–H and O–H groups in total. The van der Waals surface area contributed by atoms with Gasteiger partial charge in [-0.2, -0.15) is 9.78 Å². The molecule has 0 unspecified atom stereocenters. The van der Waals surface area contributed by atoms with E-state index in [4.69, 9.17) is 0 Å². The molecule has 1 saturated heterocycles. The monoisotopic (exact) mass is 455 g/mol. The van der Waals surface area contributed by atoms with Crippen molar-refractivity contribution in [3.05, 3.63) is 94.2 Å². The summed E-state index contributed by atoms with van der Waals surface area (Å²) in [4.78, 5) is 30.8. The number of hydrogen-bond donors (Lipinski definition) is 0. The van der Waals surface area contributed by atoms with Crippen LogP contribution in [0.15, 0.2) is 71.7 Å². The summed E-state index contributed by atoms with van der Waals surface area (Å²) in [5.74, 6) is 0.0854. The summed E-state index contributed by atoms with van der Waals surface area (Å²) in [6, 6.07) is 19.8. The molecule has 1 amide bonds. The van der Waals surface area contributed by atoms with E-state index in [2.05, 4.69) is 34.3 Å². The first-order valence-corrected chi connectivity index (χ1v) is 11.7. The number of hydrogen-bond acceptors (Lipinski definition) is 4. The summed E-state index contributed by atoms with van der Waals surface area (Å²) in [6.45, 7) is 8.15. The molecule has 0 radical (unpaired) electrons. The number of carbonyl (C=O) groups excluding carboxylic acids is 1. The molecular weight excluding hydrogens is 426 g/mol. The van der Waals surface area contributed by atoms with Gasteiger partial charge in [-0.1, -0.05) is 48.5 Å². The number of carbonyl (C=O) groups is 1. The van der Waals surface area contributed by atoms with Crippen LogP contribution in [-0.4, -0.2) is 56.2 Å². The zero-order valence-corrected chi connectivity index (χ0v) is 19.6. The number of rotatable bonds is 5. The highest BCUT2D eigenvalue weighted by molar-refractivity contribution is 5.88. The predicted molar refractivity (Wildman–Crippen MR) is 133 cm³/mol. The lowest BCUT2D eigenvalue weighted by atomic mass is 10.2. The van der Waals surface area contributed by atoms with Gasteiger partial charge in [-0.05, 0) is 31.5 Å². The molecule has 0 atom stereocenters. The Balaban J connectivity index is 1.32. The third-order valence-corrected chi connectivity index (χ3v) is 6.81. The van der Waals surface area contributed by atoms with Gasteiger partial charge in [0.2, 0.25) is 5.91 Å². The van der Waals surface area contributed by atoms with E-state index in [9.17, 15) is 9.59 Å². The normalized spacial score (nSPS) is 14.6. The number of aromatic nitrogens is 3. The number of amides is 1. The van der Waals surface area contributed by atoms with Crippen molar-refractivity contribution in [3.63, 3.8) is 0 Å². The number of para-hydroxylation sites is 1. The molecular formula is C27H29N5O2. The van der Waals surface area contributed by atoms with Crippen molar-refractivity contribution in [1.29, 1.82) is 0 Å². The quantitative estimate of drug-likeness (QED) is 0.464. The fourth-order valence-electron chi connectivity index (χ4n) is 4.83. The van der Waals surface area contributed by atoms with Gasteiger partial charge in [0.15, 0.2) is 0 Å². The van der Waals surface area contributed by atoms with Crippen LogP contribution in [0.5, 0.6) is 0 Å². The molecule has 4 aromatic rings. The Labute approximate surface area is 198 Å². The molecule has 34 heavy (non-hydrogen) atoms. The van der Waals surface area contributed by atoms with E-state index in [0.29, 0.717) is 18.5 Å². The molecule has 0 spiro atoms. The van der Waals surface area contributed by atoms with Crippen molar-refractivity contribution < 1.29 is 4.79 Å². The van der Waals surface area contributed by atoms with E-state index >= 15 is 0 Å². The highest BCUT2D eigenvalue weighted by atomic mass is 16.2. The van der Waals surface area contributed by atoms with Gasteiger partial charge in [-0.15, -0.1) is 0 Å². The van der Waals surface area contributed by atoms with Gasteiger partial charge in [0.1, 0.15) is 6.54 Å². The third kappa shape index (κ3) is 4.15. The lowest BCUT2D eigenvalue weighted by Crippen LogP contribution is -2.49. The number of piperazine rings is 1. The number of fused-ring (bicyclic) bond motifs is 1. The second-order valence-corrected chi connectivity index (χ2v) is 8.89. The summed E-state index contributed by atoms with van der Waals surface area (Å²) in [5.41, 5.74) is 3.56. The second-order valence-electron chi connectivity index (χ2n) is 8.89. The largest absolute Gasteiger partial charge is 0.339 e. The summed E-state index contributed by atoms with van der Waals surface area (Å²) in [7, 11) is 0. The van der Waals surface area contributed by atoms with Gasteiger partial charge in [0.25, 0.3) is 5.56 Å². The van der Waals surface area contributed by atoms with E-state index in [0.717, 1.165) is 42.1 Å². The highest BCUT2D eigenvalue weighted by Crippen LogP contribution is 2.23. The Morgan fingerprint density at radius 3 is 2.21 bits per heavy atom. The Morgan fingerprint density at radius 1 is 0.882 bits per heavy atom. The van der Waals surface area contributed by atoms with Crippen LogP contribution in [-0.2, 0) is 17.9 Å². The molecule has 0 aliphatic carbocycles. The van der Waals surface area contributed by atoms with Crippen LogP contribution in [0, 0.1) is 13.8 Å². The number of nitrogens with zero attached hydrogens (tertiary/aromatic N) is 5. The molecule has 1 aliphatic rings. The predicted octanol–water partition coefficient (Wildman–Crippen LogP) is 3.15. The molecule has 7 nitrogen and oxygen atoms in total. The minimum atomic E-state index is -0.162. The van der Waals surface area contributed by atoms with E-state index in [-0.39, 0.29) is 18.0 Å². The van der Waals surface area contributed by atoms with Crippen molar-refractivity contribution in [1.82, 2.24) is 24.1 Å². The van der Waals surface area contributed by atoms with Crippen LogP contribution in [0.4, 0.5) is 0 Å². The van der Waals surface area contributed by atoms with Gasteiger partial charge < -0.3 is 9.47 Å². The minimum Gasteiger partial charge on any atom is -0.339 e. The maximum absolute atomic E-state index is 13.3. The fraction of sp³-hybridized carbons (Fsp3) is 0.296. The van der Waals surface area contributed by atoms with Crippen LogP contribution in [0.1, 0.15) is 17.0 Å². The van der Waals surface area contributed by atoms with E-state index in [1.165, 1.54) is 10.2 Å². The van der Waals surface area contributed by atoms with Crippen molar-refractivity contribution in [2.75, 3.05) is 26.2 Å². The van der Waals surface area contributed by atoms with E-state index < -0.39 is 0 Å². The van der Waals surface area contributed by atoms with Crippen molar-refractivity contribution >= 4 is 16.7 Å². The zero-order chi connectivity index (χ0) is 23.7. The van der Waals surface area contributed by atoms with Gasteiger partial charge in [0.05, 0.1) is 17.3 Å². The number of benzene rings is 2. The molecule has 2 aromatic heterocycles. The molecule has 1 aliphatic heterocycles. The van der Waals surface area contributed by atoms with Gasteiger partial charge >= 0.3 is 0 Å². The summed E-state index contributed by atoms with van der Waals surface area (Å²) in [5, 5.41) is 5.82. The molecule has 7 heteroatoms. The molecule has 174 valence electrons. The van der Waals surface area contributed by atoms with Crippen LogP contribution in [0.3, 0.4) is 0 Å². The first-order chi connectivity index (χ1) is 16.5. The Hall–Kier alpha value is -3.71. The maximum atomic E-state index is 13.3. The Bertz CT molecular complexity index is 1370. The molecule has 1 fully saturated rings. The lowest BCUT2D eigenvalue weighted by molar-refractivity contribution is -0.133.